The molecule has 0 atom stereocenters. The molecule has 3 N–H and O–H groups in total. The summed E-state index contributed by atoms with van der Waals surface area (Å²) in [5, 5.41) is 12.2. The summed E-state index contributed by atoms with van der Waals surface area (Å²) in [6.07, 6.45) is 0. The first-order valence-electron chi connectivity index (χ1n) is 5.50. The standard InChI is InChI=1S/C11H13N3O4S/c12-9-3-1-8(2-4-9)11-13-10(14-18-11)7-19(16,17)6-5-15/h1-4,15H,5-7,12H2. The van der Waals surface area contributed by atoms with Gasteiger partial charge < -0.3 is 15.4 Å². The first-order valence-corrected chi connectivity index (χ1v) is 7.32. The second-order valence-electron chi connectivity index (χ2n) is 3.95. The van der Waals surface area contributed by atoms with Gasteiger partial charge in [0.2, 0.25) is 0 Å². The summed E-state index contributed by atoms with van der Waals surface area (Å²) in [5.74, 6) is -0.375. The van der Waals surface area contributed by atoms with Crippen molar-refractivity contribution >= 4 is 15.5 Å². The van der Waals surface area contributed by atoms with Crippen molar-refractivity contribution < 1.29 is 18.0 Å². The highest BCUT2D eigenvalue weighted by Gasteiger charge is 2.17. The molecule has 0 aliphatic carbocycles. The first kappa shape index (κ1) is 13.5. The third-order valence-corrected chi connectivity index (χ3v) is 3.88. The molecule has 0 bridgehead atoms. The lowest BCUT2D eigenvalue weighted by atomic mass is 10.2. The fourth-order valence-corrected chi connectivity index (χ4v) is 2.40. The number of benzene rings is 1. The summed E-state index contributed by atoms with van der Waals surface area (Å²) in [6, 6.07) is 6.77. The topological polar surface area (TPSA) is 119 Å². The summed E-state index contributed by atoms with van der Waals surface area (Å²) in [7, 11) is -3.42. The zero-order valence-electron chi connectivity index (χ0n) is 9.98. The molecule has 19 heavy (non-hydrogen) atoms. The van der Waals surface area contributed by atoms with Gasteiger partial charge in [-0.3, -0.25) is 0 Å². The van der Waals surface area contributed by atoms with Crippen molar-refractivity contribution in [3.8, 4) is 11.5 Å². The van der Waals surface area contributed by atoms with Crippen LogP contribution in [-0.4, -0.2) is 36.0 Å². The Bertz CT molecular complexity index is 649. The smallest absolute Gasteiger partial charge is 0.257 e. The van der Waals surface area contributed by atoms with Crippen molar-refractivity contribution in [2.24, 2.45) is 0 Å². The molecular formula is C11H13N3O4S. The number of rotatable bonds is 5. The maximum Gasteiger partial charge on any atom is 0.257 e. The van der Waals surface area contributed by atoms with E-state index in [0.29, 0.717) is 11.3 Å². The van der Waals surface area contributed by atoms with Crippen molar-refractivity contribution in [3.63, 3.8) is 0 Å². The fraction of sp³-hybridized carbons (Fsp3) is 0.273. The average molecular weight is 283 g/mol. The van der Waals surface area contributed by atoms with E-state index in [9.17, 15) is 8.42 Å². The van der Waals surface area contributed by atoms with Crippen LogP contribution in [0.3, 0.4) is 0 Å². The van der Waals surface area contributed by atoms with E-state index >= 15 is 0 Å². The summed E-state index contributed by atoms with van der Waals surface area (Å²) in [5.41, 5.74) is 6.82. The van der Waals surface area contributed by atoms with Gasteiger partial charge in [0, 0.05) is 11.3 Å². The van der Waals surface area contributed by atoms with Crippen LogP contribution < -0.4 is 5.73 Å². The van der Waals surface area contributed by atoms with E-state index in [4.69, 9.17) is 15.4 Å². The summed E-state index contributed by atoms with van der Waals surface area (Å²) < 4.78 is 28.0. The van der Waals surface area contributed by atoms with Gasteiger partial charge in [-0.2, -0.15) is 4.98 Å². The first-order chi connectivity index (χ1) is 9.00. The molecular weight excluding hydrogens is 270 g/mol. The van der Waals surface area contributed by atoms with E-state index in [0.717, 1.165) is 0 Å². The summed E-state index contributed by atoms with van der Waals surface area (Å²) >= 11 is 0. The highest BCUT2D eigenvalue weighted by Crippen LogP contribution is 2.19. The second-order valence-corrected chi connectivity index (χ2v) is 6.14. The van der Waals surface area contributed by atoms with Gasteiger partial charge in [0.25, 0.3) is 5.89 Å². The number of aromatic nitrogens is 2. The molecule has 7 nitrogen and oxygen atoms in total. The highest BCUT2D eigenvalue weighted by atomic mass is 32.2. The van der Waals surface area contributed by atoms with Crippen LogP contribution >= 0.6 is 0 Å². The predicted octanol–water partition coefficient (Wildman–Crippen LogP) is 0.226. The monoisotopic (exact) mass is 283 g/mol. The van der Waals surface area contributed by atoms with Crippen molar-refractivity contribution in [1.82, 2.24) is 10.1 Å². The lowest BCUT2D eigenvalue weighted by molar-refractivity contribution is 0.319. The summed E-state index contributed by atoms with van der Waals surface area (Å²) in [6.45, 7) is -0.426. The Labute approximate surface area is 110 Å². The zero-order valence-corrected chi connectivity index (χ0v) is 10.8. The molecule has 1 aromatic carbocycles. The summed E-state index contributed by atoms with van der Waals surface area (Å²) in [4.78, 5) is 4.00. The van der Waals surface area contributed by atoms with Gasteiger partial charge in [0.15, 0.2) is 15.7 Å². The number of hydrogen-bond acceptors (Lipinski definition) is 7. The van der Waals surface area contributed by atoms with Gasteiger partial charge in [0.1, 0.15) is 5.75 Å². The second kappa shape index (κ2) is 5.37. The maximum absolute atomic E-state index is 11.5. The highest BCUT2D eigenvalue weighted by molar-refractivity contribution is 7.90. The number of aliphatic hydroxyl groups excluding tert-OH is 1. The minimum atomic E-state index is -3.42. The Hall–Kier alpha value is -1.93. The number of sulfone groups is 1. The van der Waals surface area contributed by atoms with E-state index in [-0.39, 0.29) is 23.2 Å². The lowest BCUT2D eigenvalue weighted by Gasteiger charge is -1.96. The van der Waals surface area contributed by atoms with Crippen LogP contribution in [0.4, 0.5) is 5.69 Å². The van der Waals surface area contributed by atoms with E-state index in [2.05, 4.69) is 10.1 Å². The van der Waals surface area contributed by atoms with Crippen LogP contribution in [-0.2, 0) is 15.6 Å². The molecule has 1 aromatic heterocycles. The average Bonchev–Trinajstić information content (AvgIpc) is 2.77. The number of aliphatic hydroxyl groups is 1. The van der Waals surface area contributed by atoms with Crippen LogP contribution in [0.25, 0.3) is 11.5 Å². The van der Waals surface area contributed by atoms with E-state index in [1.165, 1.54) is 0 Å². The van der Waals surface area contributed by atoms with Crippen molar-refractivity contribution in [2.75, 3.05) is 18.1 Å². The van der Waals surface area contributed by atoms with Crippen LogP contribution in [0.5, 0.6) is 0 Å². The zero-order chi connectivity index (χ0) is 13.9. The quantitative estimate of drug-likeness (QED) is 0.753. The van der Waals surface area contributed by atoms with Crippen LogP contribution in [0.2, 0.25) is 0 Å². The fourth-order valence-electron chi connectivity index (χ4n) is 1.46. The van der Waals surface area contributed by atoms with Gasteiger partial charge in [-0.1, -0.05) is 5.16 Å². The minimum Gasteiger partial charge on any atom is -0.399 e. The molecule has 2 rings (SSSR count). The molecule has 1 heterocycles. The van der Waals surface area contributed by atoms with Gasteiger partial charge in [0.05, 0.1) is 12.4 Å². The molecule has 0 amide bonds. The lowest BCUT2D eigenvalue weighted by Crippen LogP contribution is -2.13. The molecule has 8 heteroatoms. The molecule has 2 aromatic rings. The third-order valence-electron chi connectivity index (χ3n) is 2.38. The van der Waals surface area contributed by atoms with E-state index in [1.807, 2.05) is 0 Å². The number of nitrogens with two attached hydrogens (primary N) is 1. The largest absolute Gasteiger partial charge is 0.399 e. The van der Waals surface area contributed by atoms with Crippen molar-refractivity contribution in [2.45, 2.75) is 5.75 Å². The Morgan fingerprint density at radius 1 is 1.26 bits per heavy atom. The predicted molar refractivity (Wildman–Crippen MR) is 68.7 cm³/mol. The van der Waals surface area contributed by atoms with Crippen molar-refractivity contribution in [3.05, 3.63) is 30.1 Å². The van der Waals surface area contributed by atoms with Crippen LogP contribution in [0, 0.1) is 0 Å². The van der Waals surface area contributed by atoms with Crippen LogP contribution in [0.1, 0.15) is 5.82 Å². The Kier molecular flexibility index (Phi) is 3.82. The molecule has 0 aliphatic heterocycles. The Morgan fingerprint density at radius 2 is 1.95 bits per heavy atom. The van der Waals surface area contributed by atoms with Crippen molar-refractivity contribution in [1.29, 1.82) is 0 Å². The molecule has 0 spiro atoms. The number of nitrogen functional groups attached to an aromatic ring is 1. The van der Waals surface area contributed by atoms with E-state index < -0.39 is 16.4 Å². The third kappa shape index (κ3) is 3.52. The number of anilines is 1. The van der Waals surface area contributed by atoms with Gasteiger partial charge in [-0.25, -0.2) is 8.42 Å². The molecule has 0 radical (unpaired) electrons. The number of nitrogens with zero attached hydrogens (tertiary/aromatic N) is 2. The molecule has 0 unspecified atom stereocenters. The molecule has 0 saturated carbocycles. The minimum absolute atomic E-state index is 0.0697. The molecule has 0 saturated heterocycles. The van der Waals surface area contributed by atoms with Gasteiger partial charge in [-0.15, -0.1) is 0 Å². The van der Waals surface area contributed by atoms with Gasteiger partial charge >= 0.3 is 0 Å². The maximum atomic E-state index is 11.5. The number of hydrogen-bond donors (Lipinski definition) is 2. The van der Waals surface area contributed by atoms with Crippen LogP contribution in [0.15, 0.2) is 28.8 Å². The molecule has 0 fully saturated rings. The van der Waals surface area contributed by atoms with Gasteiger partial charge in [-0.05, 0) is 24.3 Å². The van der Waals surface area contributed by atoms with E-state index in [1.54, 1.807) is 24.3 Å². The normalized spacial score (nSPS) is 11.6. The Balaban J connectivity index is 2.18. The SMILES string of the molecule is Nc1ccc(-c2nc(CS(=O)(=O)CCO)no2)cc1. The molecule has 102 valence electrons. The Morgan fingerprint density at radius 3 is 2.58 bits per heavy atom. The molecule has 0 aliphatic rings.